The summed E-state index contributed by atoms with van der Waals surface area (Å²) in [5.41, 5.74) is 1.40. The highest BCUT2D eigenvalue weighted by Crippen LogP contribution is 2.48. The zero-order chi connectivity index (χ0) is 13.2. The number of benzene rings is 1. The normalized spacial score (nSPS) is 16.2. The van der Waals surface area contributed by atoms with Gasteiger partial charge >= 0.3 is 0 Å². The first-order chi connectivity index (χ1) is 8.64. The van der Waals surface area contributed by atoms with Crippen LogP contribution < -0.4 is 14.2 Å². The number of hydrogen-bond donors (Lipinski definition) is 0. The second kappa shape index (κ2) is 5.39. The summed E-state index contributed by atoms with van der Waals surface area (Å²) < 4.78 is 16.7. The van der Waals surface area contributed by atoms with Crippen molar-refractivity contribution in [1.82, 2.24) is 0 Å². The van der Waals surface area contributed by atoms with Gasteiger partial charge in [-0.15, -0.1) is 0 Å². The molecule has 1 aliphatic rings. The lowest BCUT2D eigenvalue weighted by molar-refractivity contribution is 0.228. The van der Waals surface area contributed by atoms with Crippen molar-refractivity contribution in [1.29, 1.82) is 0 Å². The maximum Gasteiger partial charge on any atom is 0.203 e. The third kappa shape index (κ3) is 2.74. The fourth-order valence-corrected chi connectivity index (χ4v) is 2.59. The van der Waals surface area contributed by atoms with E-state index in [-0.39, 0.29) is 0 Å². The van der Waals surface area contributed by atoms with Gasteiger partial charge in [-0.1, -0.05) is 15.9 Å². The van der Waals surface area contributed by atoms with Crippen LogP contribution in [-0.2, 0) is 0 Å². The lowest BCUT2D eigenvalue weighted by Gasteiger charge is -2.18. The van der Waals surface area contributed by atoms with Crippen LogP contribution in [0.15, 0.2) is 12.1 Å². The van der Waals surface area contributed by atoms with Gasteiger partial charge < -0.3 is 14.2 Å². The third-order valence-electron chi connectivity index (χ3n) is 3.37. The van der Waals surface area contributed by atoms with E-state index in [4.69, 9.17) is 14.2 Å². The number of halogens is 1. The molecule has 0 bridgehead atoms. The van der Waals surface area contributed by atoms with Crippen molar-refractivity contribution in [2.45, 2.75) is 19.8 Å². The molecule has 2 rings (SSSR count). The molecule has 0 amide bonds. The summed E-state index contributed by atoms with van der Waals surface area (Å²) in [5, 5.41) is 0.983. The van der Waals surface area contributed by atoms with Gasteiger partial charge in [-0.3, -0.25) is 0 Å². The van der Waals surface area contributed by atoms with Crippen LogP contribution in [-0.4, -0.2) is 26.2 Å². The van der Waals surface area contributed by atoms with E-state index in [2.05, 4.69) is 15.9 Å². The molecule has 4 heteroatoms. The molecule has 1 fully saturated rings. The summed E-state index contributed by atoms with van der Waals surface area (Å²) in [5.74, 6) is 2.17. The Morgan fingerprint density at radius 3 is 2.11 bits per heavy atom. The Morgan fingerprint density at radius 1 is 1.17 bits per heavy atom. The van der Waals surface area contributed by atoms with Gasteiger partial charge in [0.1, 0.15) is 0 Å². The van der Waals surface area contributed by atoms with E-state index in [9.17, 15) is 0 Å². The molecule has 0 spiro atoms. The van der Waals surface area contributed by atoms with Gasteiger partial charge in [0, 0.05) is 10.7 Å². The van der Waals surface area contributed by atoms with Gasteiger partial charge in [-0.25, -0.2) is 0 Å². The number of hydrogen-bond acceptors (Lipinski definition) is 3. The van der Waals surface area contributed by atoms with Crippen molar-refractivity contribution in [2.75, 3.05) is 26.2 Å². The highest BCUT2D eigenvalue weighted by molar-refractivity contribution is 9.09. The molecule has 1 aliphatic carbocycles. The molecule has 0 aliphatic heterocycles. The van der Waals surface area contributed by atoms with Crippen LogP contribution in [0.1, 0.15) is 18.4 Å². The minimum Gasteiger partial charge on any atom is -0.493 e. The number of aryl methyl sites for hydroxylation is 1. The van der Waals surface area contributed by atoms with Crippen LogP contribution >= 0.6 is 15.9 Å². The molecule has 0 unspecified atom stereocenters. The van der Waals surface area contributed by atoms with Crippen molar-refractivity contribution in [2.24, 2.45) is 5.41 Å². The fraction of sp³-hybridized carbons (Fsp3) is 0.571. The largest absolute Gasteiger partial charge is 0.493 e. The molecule has 0 atom stereocenters. The molecule has 1 aromatic rings. The minimum atomic E-state index is 0.306. The minimum absolute atomic E-state index is 0.306. The van der Waals surface area contributed by atoms with Crippen LogP contribution in [0.5, 0.6) is 17.2 Å². The van der Waals surface area contributed by atoms with Gasteiger partial charge in [0.25, 0.3) is 0 Å². The van der Waals surface area contributed by atoms with E-state index in [1.165, 1.54) is 12.8 Å². The van der Waals surface area contributed by atoms with E-state index in [0.717, 1.165) is 22.4 Å². The van der Waals surface area contributed by atoms with Crippen molar-refractivity contribution < 1.29 is 14.2 Å². The standard InChI is InChI=1S/C14H19BrO3/c1-10-6-11(16-2)13(12(7-10)17-3)18-9-14(8-15)4-5-14/h6-7H,4-5,8-9H2,1-3H3. The molecule has 100 valence electrons. The van der Waals surface area contributed by atoms with Gasteiger partial charge in [-0.05, 0) is 37.5 Å². The van der Waals surface area contributed by atoms with Gasteiger partial charge in [0.2, 0.25) is 5.75 Å². The number of alkyl halides is 1. The zero-order valence-electron chi connectivity index (χ0n) is 11.1. The Balaban J connectivity index is 2.19. The van der Waals surface area contributed by atoms with Crippen LogP contribution in [0.4, 0.5) is 0 Å². The Bertz CT molecular complexity index is 402. The average Bonchev–Trinajstić information content (AvgIpc) is 3.16. The van der Waals surface area contributed by atoms with Gasteiger partial charge in [-0.2, -0.15) is 0 Å². The summed E-state index contributed by atoms with van der Waals surface area (Å²) >= 11 is 3.55. The molecule has 0 N–H and O–H groups in total. The molecule has 1 saturated carbocycles. The Kier molecular flexibility index (Phi) is 4.05. The molecule has 0 heterocycles. The van der Waals surface area contributed by atoms with Crippen LogP contribution in [0.2, 0.25) is 0 Å². The second-order valence-electron chi connectivity index (χ2n) is 4.92. The van der Waals surface area contributed by atoms with E-state index >= 15 is 0 Å². The van der Waals surface area contributed by atoms with Gasteiger partial charge in [0.15, 0.2) is 11.5 Å². The lowest BCUT2D eigenvalue weighted by Crippen LogP contribution is -2.15. The van der Waals surface area contributed by atoms with E-state index < -0.39 is 0 Å². The lowest BCUT2D eigenvalue weighted by atomic mass is 10.1. The van der Waals surface area contributed by atoms with Crippen molar-refractivity contribution in [3.8, 4) is 17.2 Å². The summed E-state index contributed by atoms with van der Waals surface area (Å²) in [4.78, 5) is 0. The highest BCUT2D eigenvalue weighted by Gasteiger charge is 2.42. The number of rotatable bonds is 6. The maximum absolute atomic E-state index is 5.94. The summed E-state index contributed by atoms with van der Waals surface area (Å²) in [6.07, 6.45) is 2.43. The topological polar surface area (TPSA) is 27.7 Å². The quantitative estimate of drug-likeness (QED) is 0.751. The van der Waals surface area contributed by atoms with Crippen LogP contribution in [0, 0.1) is 12.3 Å². The molecule has 0 saturated heterocycles. The first-order valence-corrected chi connectivity index (χ1v) is 7.18. The smallest absolute Gasteiger partial charge is 0.203 e. The second-order valence-corrected chi connectivity index (χ2v) is 5.48. The van der Waals surface area contributed by atoms with Gasteiger partial charge in [0.05, 0.1) is 20.8 Å². The summed E-state index contributed by atoms with van der Waals surface area (Å²) in [7, 11) is 3.30. The van der Waals surface area contributed by atoms with Crippen molar-refractivity contribution >= 4 is 15.9 Å². The predicted octanol–water partition coefficient (Wildman–Crippen LogP) is 3.57. The predicted molar refractivity (Wildman–Crippen MR) is 75.2 cm³/mol. The molecular weight excluding hydrogens is 296 g/mol. The maximum atomic E-state index is 5.94. The first kappa shape index (κ1) is 13.5. The van der Waals surface area contributed by atoms with Crippen LogP contribution in [0.3, 0.4) is 0 Å². The van der Waals surface area contributed by atoms with E-state index in [0.29, 0.717) is 17.8 Å². The number of methoxy groups -OCH3 is 2. The number of ether oxygens (including phenoxy) is 3. The highest BCUT2D eigenvalue weighted by atomic mass is 79.9. The molecule has 0 aromatic heterocycles. The molecule has 1 aromatic carbocycles. The average molecular weight is 315 g/mol. The first-order valence-electron chi connectivity index (χ1n) is 6.05. The monoisotopic (exact) mass is 314 g/mol. The molecule has 3 nitrogen and oxygen atoms in total. The van der Waals surface area contributed by atoms with Crippen LogP contribution in [0.25, 0.3) is 0 Å². The SMILES string of the molecule is COc1cc(C)cc(OC)c1OCC1(CBr)CC1. The Labute approximate surface area is 117 Å². The van der Waals surface area contributed by atoms with Crippen molar-refractivity contribution in [3.63, 3.8) is 0 Å². The molecular formula is C14H19BrO3. The zero-order valence-corrected chi connectivity index (χ0v) is 12.7. The molecule has 18 heavy (non-hydrogen) atoms. The molecule has 0 radical (unpaired) electrons. The summed E-state index contributed by atoms with van der Waals surface area (Å²) in [6.45, 7) is 2.71. The van der Waals surface area contributed by atoms with E-state index in [1.54, 1.807) is 14.2 Å². The Hall–Kier alpha value is -0.900. The van der Waals surface area contributed by atoms with Crippen molar-refractivity contribution in [3.05, 3.63) is 17.7 Å². The Morgan fingerprint density at radius 2 is 1.72 bits per heavy atom. The summed E-state index contributed by atoms with van der Waals surface area (Å²) in [6, 6.07) is 3.93. The fourth-order valence-electron chi connectivity index (χ4n) is 1.87. The third-order valence-corrected chi connectivity index (χ3v) is 4.56. The van der Waals surface area contributed by atoms with E-state index in [1.807, 2.05) is 19.1 Å².